The van der Waals surface area contributed by atoms with Gasteiger partial charge in [-0.05, 0) is 18.4 Å². The van der Waals surface area contributed by atoms with Crippen LogP contribution in [-0.2, 0) is 14.8 Å². The van der Waals surface area contributed by atoms with E-state index in [0.29, 0.717) is 0 Å². The van der Waals surface area contributed by atoms with E-state index in [1.807, 2.05) is 17.5 Å². The van der Waals surface area contributed by atoms with E-state index in [9.17, 15) is 13.2 Å². The van der Waals surface area contributed by atoms with E-state index in [2.05, 4.69) is 0 Å². The lowest BCUT2D eigenvalue weighted by atomic mass is 10.3. The van der Waals surface area contributed by atoms with Gasteiger partial charge in [0.15, 0.2) is 0 Å². The number of hydrogen-bond donors (Lipinski definition) is 1. The predicted octanol–water partition coefficient (Wildman–Crippen LogP) is 1.55. The van der Waals surface area contributed by atoms with Gasteiger partial charge in [-0.15, -0.1) is 11.3 Å². The van der Waals surface area contributed by atoms with Crippen molar-refractivity contribution in [2.75, 3.05) is 12.8 Å². The van der Waals surface area contributed by atoms with E-state index in [1.165, 1.54) is 22.7 Å². The number of aliphatic carboxylic acids is 1. The third kappa shape index (κ3) is 3.79. The van der Waals surface area contributed by atoms with Gasteiger partial charge in [-0.3, -0.25) is 4.79 Å². The Balaban J connectivity index is 2.75. The second-order valence-electron chi connectivity index (χ2n) is 3.67. The zero-order valence-electron chi connectivity index (χ0n) is 9.66. The summed E-state index contributed by atoms with van der Waals surface area (Å²) < 4.78 is 24.9. The molecule has 0 saturated carbocycles. The monoisotopic (exact) mass is 277 g/mol. The normalized spacial score (nSPS) is 13.8. The summed E-state index contributed by atoms with van der Waals surface area (Å²) in [5.74, 6) is -1.47. The molecule has 0 saturated heterocycles. The minimum atomic E-state index is -3.52. The highest BCUT2D eigenvalue weighted by atomic mass is 32.2. The molecule has 0 bridgehead atoms. The Morgan fingerprint density at radius 2 is 2.24 bits per heavy atom. The SMILES string of the molecule is CC(c1cccs1)N(C)S(=O)(=O)CCC(=O)O. The van der Waals surface area contributed by atoms with E-state index in [-0.39, 0.29) is 18.2 Å². The fourth-order valence-corrected chi connectivity index (χ4v) is 3.52. The first kappa shape index (κ1) is 14.1. The molecule has 0 aliphatic rings. The Morgan fingerprint density at radius 1 is 1.59 bits per heavy atom. The summed E-state index contributed by atoms with van der Waals surface area (Å²) in [5, 5.41) is 10.4. The second kappa shape index (κ2) is 5.61. The highest BCUT2D eigenvalue weighted by molar-refractivity contribution is 7.89. The highest BCUT2D eigenvalue weighted by Gasteiger charge is 2.25. The Labute approximate surface area is 105 Å². The minimum absolute atomic E-state index is 0.270. The van der Waals surface area contributed by atoms with Gasteiger partial charge in [-0.1, -0.05) is 6.07 Å². The van der Waals surface area contributed by atoms with E-state index in [1.54, 1.807) is 6.92 Å². The molecule has 1 rings (SSSR count). The molecule has 0 aliphatic heterocycles. The first-order valence-corrected chi connectivity index (χ1v) is 7.54. The molecule has 0 aromatic carbocycles. The maximum atomic E-state index is 11.8. The van der Waals surface area contributed by atoms with Crippen molar-refractivity contribution in [3.05, 3.63) is 22.4 Å². The van der Waals surface area contributed by atoms with Gasteiger partial charge in [0.05, 0.1) is 18.2 Å². The third-order valence-electron chi connectivity index (χ3n) is 2.51. The summed E-state index contributed by atoms with van der Waals surface area (Å²) in [4.78, 5) is 11.3. The van der Waals surface area contributed by atoms with Crippen LogP contribution < -0.4 is 0 Å². The number of thiophene rings is 1. The van der Waals surface area contributed by atoms with Crippen LogP contribution in [0.4, 0.5) is 0 Å². The minimum Gasteiger partial charge on any atom is -0.481 e. The van der Waals surface area contributed by atoms with Crippen molar-refractivity contribution in [3.8, 4) is 0 Å². The van der Waals surface area contributed by atoms with Gasteiger partial charge in [0.25, 0.3) is 0 Å². The average Bonchev–Trinajstić information content (AvgIpc) is 2.78. The molecule has 1 heterocycles. The molecule has 17 heavy (non-hydrogen) atoms. The molecule has 0 aliphatic carbocycles. The molecule has 0 amide bonds. The van der Waals surface area contributed by atoms with Gasteiger partial charge in [0.2, 0.25) is 10.0 Å². The van der Waals surface area contributed by atoms with Crippen LogP contribution in [0.5, 0.6) is 0 Å². The smallest absolute Gasteiger partial charge is 0.304 e. The summed E-state index contributed by atoms with van der Waals surface area (Å²) in [6.07, 6.45) is -0.371. The van der Waals surface area contributed by atoms with Gasteiger partial charge >= 0.3 is 5.97 Å². The van der Waals surface area contributed by atoms with E-state index in [4.69, 9.17) is 5.11 Å². The van der Waals surface area contributed by atoms with Crippen molar-refractivity contribution in [3.63, 3.8) is 0 Å². The molecule has 1 atom stereocenters. The largest absolute Gasteiger partial charge is 0.481 e. The lowest BCUT2D eigenvalue weighted by Crippen LogP contribution is -2.32. The Morgan fingerprint density at radius 3 is 2.71 bits per heavy atom. The number of nitrogens with zero attached hydrogens (tertiary/aromatic N) is 1. The quantitative estimate of drug-likeness (QED) is 0.856. The molecule has 0 spiro atoms. The maximum Gasteiger partial charge on any atom is 0.304 e. The van der Waals surface area contributed by atoms with Gasteiger partial charge in [0, 0.05) is 11.9 Å². The molecule has 0 radical (unpaired) electrons. The first-order valence-electron chi connectivity index (χ1n) is 5.05. The van der Waals surface area contributed by atoms with Crippen LogP contribution in [0.3, 0.4) is 0 Å². The fraction of sp³-hybridized carbons (Fsp3) is 0.500. The molecule has 1 aromatic rings. The number of hydrogen-bond acceptors (Lipinski definition) is 4. The first-order chi connectivity index (χ1) is 7.84. The standard InChI is InChI=1S/C10H15NO4S2/c1-8(9-4-3-6-16-9)11(2)17(14,15)7-5-10(12)13/h3-4,6,8H,5,7H2,1-2H3,(H,12,13). The highest BCUT2D eigenvalue weighted by Crippen LogP contribution is 2.25. The van der Waals surface area contributed by atoms with Crippen LogP contribution >= 0.6 is 11.3 Å². The zero-order chi connectivity index (χ0) is 13.1. The van der Waals surface area contributed by atoms with Crippen LogP contribution in [0.25, 0.3) is 0 Å². The van der Waals surface area contributed by atoms with Crippen molar-refractivity contribution in [2.45, 2.75) is 19.4 Å². The Hall–Kier alpha value is -0.920. The molecular formula is C10H15NO4S2. The number of sulfonamides is 1. The van der Waals surface area contributed by atoms with E-state index in [0.717, 1.165) is 4.88 Å². The van der Waals surface area contributed by atoms with Crippen LogP contribution in [0, 0.1) is 0 Å². The third-order valence-corrected chi connectivity index (χ3v) is 5.47. The van der Waals surface area contributed by atoms with E-state index < -0.39 is 16.0 Å². The topological polar surface area (TPSA) is 74.7 Å². The summed E-state index contributed by atoms with van der Waals surface area (Å²) >= 11 is 1.48. The maximum absolute atomic E-state index is 11.8. The molecule has 5 nitrogen and oxygen atoms in total. The molecule has 1 unspecified atom stereocenters. The van der Waals surface area contributed by atoms with Crippen LogP contribution in [0.15, 0.2) is 17.5 Å². The van der Waals surface area contributed by atoms with Gasteiger partial charge < -0.3 is 5.11 Å². The van der Waals surface area contributed by atoms with Gasteiger partial charge in [-0.2, -0.15) is 4.31 Å². The van der Waals surface area contributed by atoms with Gasteiger partial charge in [0.1, 0.15) is 0 Å². The second-order valence-corrected chi connectivity index (χ2v) is 6.79. The van der Waals surface area contributed by atoms with Crippen molar-refractivity contribution in [2.24, 2.45) is 0 Å². The summed E-state index contributed by atoms with van der Waals surface area (Å²) in [6, 6.07) is 3.45. The molecule has 0 fully saturated rings. The lowest BCUT2D eigenvalue weighted by molar-refractivity contribution is -0.136. The summed E-state index contributed by atoms with van der Waals surface area (Å²) in [6.45, 7) is 1.78. The molecule has 96 valence electrons. The number of carboxylic acids is 1. The number of rotatable bonds is 6. The van der Waals surface area contributed by atoms with Crippen LogP contribution in [-0.4, -0.2) is 36.6 Å². The molecule has 1 aromatic heterocycles. The Kier molecular flexibility index (Phi) is 4.67. The number of carboxylic acid groups (broad SMARTS) is 1. The fourth-order valence-electron chi connectivity index (χ4n) is 1.31. The van der Waals surface area contributed by atoms with Crippen LogP contribution in [0.2, 0.25) is 0 Å². The van der Waals surface area contributed by atoms with Crippen LogP contribution in [0.1, 0.15) is 24.3 Å². The van der Waals surface area contributed by atoms with Gasteiger partial charge in [-0.25, -0.2) is 8.42 Å². The van der Waals surface area contributed by atoms with Crippen molar-refractivity contribution in [1.29, 1.82) is 0 Å². The lowest BCUT2D eigenvalue weighted by Gasteiger charge is -2.23. The zero-order valence-corrected chi connectivity index (χ0v) is 11.3. The van der Waals surface area contributed by atoms with Crippen molar-refractivity contribution in [1.82, 2.24) is 4.31 Å². The van der Waals surface area contributed by atoms with E-state index >= 15 is 0 Å². The summed E-state index contributed by atoms with van der Waals surface area (Å²) in [5.41, 5.74) is 0. The molecular weight excluding hydrogens is 262 g/mol. The summed E-state index contributed by atoms with van der Waals surface area (Å²) in [7, 11) is -2.05. The average molecular weight is 277 g/mol. The van der Waals surface area contributed by atoms with Crippen molar-refractivity contribution < 1.29 is 18.3 Å². The number of carbonyl (C=O) groups is 1. The Bertz CT molecular complexity index is 467. The molecule has 7 heteroatoms. The van der Waals surface area contributed by atoms with Crippen molar-refractivity contribution >= 4 is 27.3 Å². The predicted molar refractivity (Wildman–Crippen MR) is 66.5 cm³/mol. The molecule has 1 N–H and O–H groups in total.